The number of nitrogens with zero attached hydrogens (tertiary/aromatic N) is 4. The van der Waals surface area contributed by atoms with Gasteiger partial charge >= 0.3 is 0 Å². The molecule has 0 amide bonds. The van der Waals surface area contributed by atoms with E-state index in [-0.39, 0.29) is 0 Å². The molecule has 0 saturated carbocycles. The van der Waals surface area contributed by atoms with Crippen LogP contribution in [0.4, 0.5) is 5.82 Å². The smallest absolute Gasteiger partial charge is 0.151 e. The van der Waals surface area contributed by atoms with Crippen molar-refractivity contribution in [3.8, 4) is 0 Å². The Hall–Kier alpha value is -0.870. The quantitative estimate of drug-likeness (QED) is 0.763. The Morgan fingerprint density at radius 1 is 1.12 bits per heavy atom. The Bertz CT molecular complexity index is 381. The van der Waals surface area contributed by atoms with Gasteiger partial charge in [-0.3, -0.25) is 4.90 Å². The van der Waals surface area contributed by atoms with Gasteiger partial charge in [0.2, 0.25) is 0 Å². The zero-order valence-electron chi connectivity index (χ0n) is 9.85. The first-order chi connectivity index (χ1) is 8.33. The van der Waals surface area contributed by atoms with E-state index in [4.69, 9.17) is 11.6 Å². The molecule has 0 aliphatic carbocycles. The SMILES string of the molecule is Clc1ccc(N2CCCN3CCCC3C2)nn1. The van der Waals surface area contributed by atoms with Crippen molar-refractivity contribution in [1.82, 2.24) is 15.1 Å². The standard InChI is InChI=1S/C12H17ClN4/c13-11-4-5-12(15-14-11)17-8-2-7-16-6-1-3-10(16)9-17/h4-5,10H,1-3,6-9H2. The number of hydrogen-bond acceptors (Lipinski definition) is 4. The zero-order valence-corrected chi connectivity index (χ0v) is 10.6. The fraction of sp³-hybridized carbons (Fsp3) is 0.667. The van der Waals surface area contributed by atoms with Crippen molar-refractivity contribution in [3.05, 3.63) is 17.3 Å². The number of hydrogen-bond donors (Lipinski definition) is 0. The van der Waals surface area contributed by atoms with Crippen LogP contribution in [0.15, 0.2) is 12.1 Å². The summed E-state index contributed by atoms with van der Waals surface area (Å²) in [5, 5.41) is 8.58. The van der Waals surface area contributed by atoms with Crippen molar-refractivity contribution < 1.29 is 0 Å². The normalized spacial score (nSPS) is 25.7. The van der Waals surface area contributed by atoms with E-state index in [9.17, 15) is 0 Å². The van der Waals surface area contributed by atoms with Crippen LogP contribution in [-0.4, -0.2) is 47.3 Å². The Kier molecular flexibility index (Phi) is 3.16. The van der Waals surface area contributed by atoms with E-state index in [1.54, 1.807) is 0 Å². The molecule has 0 aromatic carbocycles. The molecule has 2 fully saturated rings. The van der Waals surface area contributed by atoms with Gasteiger partial charge in [0.05, 0.1) is 0 Å². The Morgan fingerprint density at radius 3 is 2.82 bits per heavy atom. The van der Waals surface area contributed by atoms with E-state index < -0.39 is 0 Å². The van der Waals surface area contributed by atoms with Gasteiger partial charge in [-0.1, -0.05) is 11.6 Å². The van der Waals surface area contributed by atoms with Crippen LogP contribution in [0.5, 0.6) is 0 Å². The maximum absolute atomic E-state index is 5.77. The molecule has 1 unspecified atom stereocenters. The average Bonchev–Trinajstić information content (AvgIpc) is 2.68. The fourth-order valence-corrected chi connectivity index (χ4v) is 2.99. The summed E-state index contributed by atoms with van der Waals surface area (Å²) in [6, 6.07) is 4.50. The summed E-state index contributed by atoms with van der Waals surface area (Å²) in [5.41, 5.74) is 0. The second-order valence-corrected chi connectivity index (χ2v) is 5.23. The lowest BCUT2D eigenvalue weighted by molar-refractivity contribution is 0.273. The predicted molar refractivity (Wildman–Crippen MR) is 68.5 cm³/mol. The molecule has 0 radical (unpaired) electrons. The predicted octanol–water partition coefficient (Wildman–Crippen LogP) is 1.80. The molecule has 2 aliphatic heterocycles. The van der Waals surface area contributed by atoms with Gasteiger partial charge in [0, 0.05) is 25.7 Å². The lowest BCUT2D eigenvalue weighted by Gasteiger charge is -2.25. The van der Waals surface area contributed by atoms with Crippen molar-refractivity contribution in [2.24, 2.45) is 0 Å². The first kappa shape index (κ1) is 11.2. The average molecular weight is 253 g/mol. The molecule has 3 rings (SSSR count). The largest absolute Gasteiger partial charge is 0.354 e. The number of anilines is 1. The van der Waals surface area contributed by atoms with Crippen LogP contribution in [0.1, 0.15) is 19.3 Å². The molecular formula is C12H17ClN4. The van der Waals surface area contributed by atoms with Gasteiger partial charge in [-0.05, 0) is 37.9 Å². The molecule has 2 aliphatic rings. The van der Waals surface area contributed by atoms with Crippen LogP contribution < -0.4 is 4.90 Å². The monoisotopic (exact) mass is 252 g/mol. The van der Waals surface area contributed by atoms with Crippen molar-refractivity contribution >= 4 is 17.4 Å². The minimum absolute atomic E-state index is 0.464. The molecular weight excluding hydrogens is 236 g/mol. The van der Waals surface area contributed by atoms with Crippen LogP contribution in [0, 0.1) is 0 Å². The highest BCUT2D eigenvalue weighted by molar-refractivity contribution is 6.29. The van der Waals surface area contributed by atoms with Crippen molar-refractivity contribution in [2.45, 2.75) is 25.3 Å². The molecule has 2 saturated heterocycles. The van der Waals surface area contributed by atoms with E-state index in [2.05, 4.69) is 20.0 Å². The highest BCUT2D eigenvalue weighted by atomic mass is 35.5. The molecule has 1 atom stereocenters. The first-order valence-corrected chi connectivity index (χ1v) is 6.69. The van der Waals surface area contributed by atoms with Gasteiger partial charge < -0.3 is 4.90 Å². The third kappa shape index (κ3) is 2.38. The van der Waals surface area contributed by atoms with Gasteiger partial charge in [-0.15, -0.1) is 10.2 Å². The van der Waals surface area contributed by atoms with Crippen molar-refractivity contribution in [3.63, 3.8) is 0 Å². The van der Waals surface area contributed by atoms with Crippen LogP contribution in [0.2, 0.25) is 5.15 Å². The van der Waals surface area contributed by atoms with Crippen molar-refractivity contribution in [2.75, 3.05) is 31.1 Å². The summed E-state index contributed by atoms with van der Waals surface area (Å²) in [5.74, 6) is 0.961. The van der Waals surface area contributed by atoms with Crippen LogP contribution in [0.3, 0.4) is 0 Å². The van der Waals surface area contributed by atoms with Crippen LogP contribution >= 0.6 is 11.6 Å². The second kappa shape index (κ2) is 4.78. The van der Waals surface area contributed by atoms with Gasteiger partial charge in [0.1, 0.15) is 0 Å². The first-order valence-electron chi connectivity index (χ1n) is 6.31. The maximum atomic E-state index is 5.77. The molecule has 4 nitrogen and oxygen atoms in total. The minimum Gasteiger partial charge on any atom is -0.354 e. The number of halogens is 1. The van der Waals surface area contributed by atoms with Gasteiger partial charge in [0.15, 0.2) is 11.0 Å². The van der Waals surface area contributed by atoms with Crippen molar-refractivity contribution in [1.29, 1.82) is 0 Å². The van der Waals surface area contributed by atoms with Crippen LogP contribution in [0.25, 0.3) is 0 Å². The molecule has 0 spiro atoms. The molecule has 0 N–H and O–H groups in total. The topological polar surface area (TPSA) is 32.3 Å². The van der Waals surface area contributed by atoms with Gasteiger partial charge in [-0.2, -0.15) is 0 Å². The summed E-state index contributed by atoms with van der Waals surface area (Å²) in [6.45, 7) is 4.65. The molecule has 92 valence electrons. The summed E-state index contributed by atoms with van der Waals surface area (Å²) >= 11 is 5.77. The molecule has 1 aromatic heterocycles. The van der Waals surface area contributed by atoms with Gasteiger partial charge in [-0.25, -0.2) is 0 Å². The lowest BCUT2D eigenvalue weighted by atomic mass is 10.2. The highest BCUT2D eigenvalue weighted by Gasteiger charge is 2.29. The van der Waals surface area contributed by atoms with E-state index in [0.717, 1.165) is 18.9 Å². The van der Waals surface area contributed by atoms with Crippen LogP contribution in [-0.2, 0) is 0 Å². The molecule has 17 heavy (non-hydrogen) atoms. The minimum atomic E-state index is 0.464. The fourth-order valence-electron chi connectivity index (χ4n) is 2.89. The van der Waals surface area contributed by atoms with E-state index in [0.29, 0.717) is 11.2 Å². The van der Waals surface area contributed by atoms with E-state index in [1.807, 2.05) is 12.1 Å². The highest BCUT2D eigenvalue weighted by Crippen LogP contribution is 2.23. The summed E-state index contributed by atoms with van der Waals surface area (Å²) in [6.07, 6.45) is 3.86. The van der Waals surface area contributed by atoms with Gasteiger partial charge in [0.25, 0.3) is 0 Å². The summed E-state index contributed by atoms with van der Waals surface area (Å²) < 4.78 is 0. The third-order valence-corrected chi connectivity index (χ3v) is 3.95. The zero-order chi connectivity index (χ0) is 11.7. The molecule has 5 heteroatoms. The molecule has 0 bridgehead atoms. The number of fused-ring (bicyclic) bond motifs is 1. The Labute approximate surface area is 107 Å². The second-order valence-electron chi connectivity index (χ2n) is 4.85. The third-order valence-electron chi connectivity index (χ3n) is 3.75. The summed E-state index contributed by atoms with van der Waals surface area (Å²) in [4.78, 5) is 4.96. The number of rotatable bonds is 1. The molecule has 3 heterocycles. The number of aromatic nitrogens is 2. The van der Waals surface area contributed by atoms with E-state index >= 15 is 0 Å². The summed E-state index contributed by atoms with van der Waals surface area (Å²) in [7, 11) is 0. The molecule has 1 aromatic rings. The lowest BCUT2D eigenvalue weighted by Crippen LogP contribution is -2.37. The Balaban J connectivity index is 1.76. The maximum Gasteiger partial charge on any atom is 0.151 e. The van der Waals surface area contributed by atoms with E-state index in [1.165, 1.54) is 32.4 Å². The Morgan fingerprint density at radius 2 is 2.00 bits per heavy atom.